The molecular formula is C21H23N5O3S. The van der Waals surface area contributed by atoms with E-state index in [1.165, 1.54) is 20.3 Å². The molecule has 0 unspecified atom stereocenters. The number of aromatic nitrogens is 4. The summed E-state index contributed by atoms with van der Waals surface area (Å²) < 4.78 is 4.59. The van der Waals surface area contributed by atoms with Crippen LogP contribution in [0.5, 0.6) is 0 Å². The fourth-order valence-corrected chi connectivity index (χ4v) is 4.28. The van der Waals surface area contributed by atoms with E-state index < -0.39 is 5.69 Å². The minimum atomic E-state index is -0.435. The van der Waals surface area contributed by atoms with Crippen molar-refractivity contribution >= 4 is 38.9 Å². The summed E-state index contributed by atoms with van der Waals surface area (Å²) in [7, 11) is 0. The van der Waals surface area contributed by atoms with Gasteiger partial charge in [-0.05, 0) is 48.9 Å². The number of fused-ring (bicyclic) bond motifs is 3. The summed E-state index contributed by atoms with van der Waals surface area (Å²) in [6.45, 7) is 6.13. The molecule has 0 aliphatic heterocycles. The van der Waals surface area contributed by atoms with Crippen molar-refractivity contribution in [1.82, 2.24) is 18.7 Å². The average Bonchev–Trinajstić information content (AvgIpc) is 3.30. The molecule has 3 aromatic heterocycles. The maximum atomic E-state index is 13.1. The zero-order valence-corrected chi connectivity index (χ0v) is 18.0. The quantitative estimate of drug-likeness (QED) is 0.514. The highest BCUT2D eigenvalue weighted by atomic mass is 32.1. The molecule has 4 rings (SSSR count). The average molecular weight is 426 g/mol. The number of benzene rings is 1. The van der Waals surface area contributed by atoms with Gasteiger partial charge in [0.05, 0.1) is 5.52 Å². The molecule has 0 radical (unpaired) electrons. The molecule has 0 aliphatic rings. The third-order valence-electron chi connectivity index (χ3n) is 5.08. The Morgan fingerprint density at radius 3 is 2.77 bits per heavy atom. The monoisotopic (exact) mass is 425 g/mol. The van der Waals surface area contributed by atoms with Crippen LogP contribution < -0.4 is 16.6 Å². The van der Waals surface area contributed by atoms with Gasteiger partial charge in [0.15, 0.2) is 0 Å². The molecule has 3 heterocycles. The number of rotatable bonds is 6. The Labute approximate surface area is 176 Å². The van der Waals surface area contributed by atoms with Crippen LogP contribution in [0.4, 0.5) is 5.69 Å². The van der Waals surface area contributed by atoms with Crippen molar-refractivity contribution in [1.29, 1.82) is 0 Å². The Kier molecular flexibility index (Phi) is 5.29. The summed E-state index contributed by atoms with van der Waals surface area (Å²) in [6.07, 6.45) is 1.70. The lowest BCUT2D eigenvalue weighted by atomic mass is 10.1. The summed E-state index contributed by atoms with van der Waals surface area (Å²) in [5.74, 6) is -0.0814. The van der Waals surface area contributed by atoms with E-state index >= 15 is 0 Å². The molecule has 0 saturated carbocycles. The van der Waals surface area contributed by atoms with Gasteiger partial charge in [-0.25, -0.2) is 13.9 Å². The summed E-state index contributed by atoms with van der Waals surface area (Å²) in [6, 6.07) is 7.53. The second-order valence-corrected chi connectivity index (χ2v) is 8.30. The summed E-state index contributed by atoms with van der Waals surface area (Å²) in [5, 5.41) is 8.98. The van der Waals surface area contributed by atoms with Gasteiger partial charge in [0.25, 0.3) is 5.56 Å². The van der Waals surface area contributed by atoms with E-state index in [0.29, 0.717) is 22.4 Å². The molecule has 0 aliphatic carbocycles. The van der Waals surface area contributed by atoms with Crippen molar-refractivity contribution in [2.75, 3.05) is 5.32 Å². The number of thiophene rings is 1. The van der Waals surface area contributed by atoms with Crippen LogP contribution in [-0.4, -0.2) is 24.7 Å². The Morgan fingerprint density at radius 1 is 1.20 bits per heavy atom. The lowest BCUT2D eigenvalue weighted by molar-refractivity contribution is -0.117. The predicted octanol–water partition coefficient (Wildman–Crippen LogP) is 2.93. The van der Waals surface area contributed by atoms with E-state index in [-0.39, 0.29) is 23.8 Å². The largest absolute Gasteiger partial charge is 0.352 e. The Bertz CT molecular complexity index is 1380. The van der Waals surface area contributed by atoms with Crippen molar-refractivity contribution in [2.24, 2.45) is 0 Å². The molecule has 0 spiro atoms. The molecule has 1 aromatic carbocycles. The maximum Gasteiger partial charge on any atom is 0.352 e. The standard InChI is InChI=1S/C21H23N5O3S/c1-4-5-9-24-19(28)18-16(8-10-30-18)26-20(24)23-25(21(26)29)12-17(27)22-15-11-13(2)6-7-14(15)3/h6-8,10-11H,4-5,9,12H2,1-3H3,(H,22,27). The molecule has 0 bridgehead atoms. The van der Waals surface area contributed by atoms with Crippen molar-refractivity contribution in [2.45, 2.75) is 46.7 Å². The molecule has 8 nitrogen and oxygen atoms in total. The first-order chi connectivity index (χ1) is 14.4. The number of nitrogens with one attached hydrogen (secondary N) is 1. The van der Waals surface area contributed by atoms with Crippen molar-refractivity contribution < 1.29 is 4.79 Å². The third-order valence-corrected chi connectivity index (χ3v) is 5.98. The first-order valence-electron chi connectivity index (χ1n) is 9.87. The number of amides is 1. The molecule has 1 amide bonds. The van der Waals surface area contributed by atoms with Crippen molar-refractivity contribution in [3.63, 3.8) is 0 Å². The van der Waals surface area contributed by atoms with Gasteiger partial charge in [-0.2, -0.15) is 0 Å². The smallest absolute Gasteiger partial charge is 0.324 e. The first-order valence-corrected chi connectivity index (χ1v) is 10.8. The van der Waals surface area contributed by atoms with Gasteiger partial charge in [0.1, 0.15) is 11.2 Å². The van der Waals surface area contributed by atoms with Crippen LogP contribution in [0, 0.1) is 13.8 Å². The first kappa shape index (κ1) is 20.1. The van der Waals surface area contributed by atoms with Crippen LogP contribution in [0.25, 0.3) is 16.0 Å². The molecule has 0 saturated heterocycles. The second kappa shape index (κ2) is 7.91. The Morgan fingerprint density at radius 2 is 2.00 bits per heavy atom. The van der Waals surface area contributed by atoms with Gasteiger partial charge in [0.2, 0.25) is 11.7 Å². The van der Waals surface area contributed by atoms with Crippen LogP contribution in [0.3, 0.4) is 0 Å². The predicted molar refractivity (Wildman–Crippen MR) is 119 cm³/mol. The van der Waals surface area contributed by atoms with E-state index in [2.05, 4.69) is 10.4 Å². The number of carbonyl (C=O) groups is 1. The van der Waals surface area contributed by atoms with E-state index in [0.717, 1.165) is 28.7 Å². The molecule has 9 heteroatoms. The number of hydrogen-bond acceptors (Lipinski definition) is 5. The van der Waals surface area contributed by atoms with Crippen LogP contribution in [0.15, 0.2) is 39.2 Å². The van der Waals surface area contributed by atoms with Crippen LogP contribution >= 0.6 is 11.3 Å². The van der Waals surface area contributed by atoms with Crippen LogP contribution in [-0.2, 0) is 17.9 Å². The highest BCUT2D eigenvalue weighted by molar-refractivity contribution is 7.17. The van der Waals surface area contributed by atoms with Gasteiger partial charge < -0.3 is 5.32 Å². The number of nitrogens with zero attached hydrogens (tertiary/aromatic N) is 4. The summed E-state index contributed by atoms with van der Waals surface area (Å²) in [4.78, 5) is 38.6. The SMILES string of the molecule is CCCCn1c(=O)c2sccc2n2c(=O)n(CC(=O)Nc3cc(C)ccc3C)nc12. The Hall–Kier alpha value is -3.20. The van der Waals surface area contributed by atoms with E-state index in [1.807, 2.05) is 39.0 Å². The third kappa shape index (κ3) is 3.45. The minimum absolute atomic E-state index is 0.155. The van der Waals surface area contributed by atoms with Crippen LogP contribution in [0.2, 0.25) is 0 Å². The normalized spacial score (nSPS) is 11.4. The molecule has 30 heavy (non-hydrogen) atoms. The van der Waals surface area contributed by atoms with Gasteiger partial charge in [0, 0.05) is 12.2 Å². The topological polar surface area (TPSA) is 90.4 Å². The zero-order chi connectivity index (χ0) is 21.4. The van der Waals surface area contributed by atoms with Gasteiger partial charge in [-0.15, -0.1) is 16.4 Å². The van der Waals surface area contributed by atoms with Crippen molar-refractivity contribution in [3.05, 3.63) is 61.6 Å². The minimum Gasteiger partial charge on any atom is -0.324 e. The van der Waals surface area contributed by atoms with E-state index in [1.54, 1.807) is 11.4 Å². The Balaban J connectivity index is 1.76. The van der Waals surface area contributed by atoms with Gasteiger partial charge >= 0.3 is 5.69 Å². The highest BCUT2D eigenvalue weighted by Crippen LogP contribution is 2.18. The lowest BCUT2D eigenvalue weighted by Crippen LogP contribution is -2.29. The van der Waals surface area contributed by atoms with Gasteiger partial charge in [-0.1, -0.05) is 25.5 Å². The number of hydrogen-bond donors (Lipinski definition) is 1. The molecule has 1 N–H and O–H groups in total. The highest BCUT2D eigenvalue weighted by Gasteiger charge is 2.19. The maximum absolute atomic E-state index is 13.1. The van der Waals surface area contributed by atoms with Crippen molar-refractivity contribution in [3.8, 4) is 0 Å². The molecule has 0 fully saturated rings. The van der Waals surface area contributed by atoms with Crippen LogP contribution in [0.1, 0.15) is 30.9 Å². The number of unbranched alkanes of at least 4 members (excludes halogenated alkanes) is 1. The fourth-order valence-electron chi connectivity index (χ4n) is 3.45. The number of anilines is 1. The van der Waals surface area contributed by atoms with Gasteiger partial charge in [-0.3, -0.25) is 14.2 Å². The number of carbonyl (C=O) groups excluding carboxylic acids is 1. The molecule has 0 atom stereocenters. The summed E-state index contributed by atoms with van der Waals surface area (Å²) in [5.41, 5.74) is 2.61. The molecule has 4 aromatic rings. The fraction of sp³-hybridized carbons (Fsp3) is 0.333. The molecular weight excluding hydrogens is 402 g/mol. The zero-order valence-electron chi connectivity index (χ0n) is 17.1. The van der Waals surface area contributed by atoms with E-state index in [9.17, 15) is 14.4 Å². The second-order valence-electron chi connectivity index (χ2n) is 7.39. The lowest BCUT2D eigenvalue weighted by Gasteiger charge is -2.09. The van der Waals surface area contributed by atoms with E-state index in [4.69, 9.17) is 0 Å². The number of aryl methyl sites for hydroxylation is 3. The molecule has 156 valence electrons. The summed E-state index contributed by atoms with van der Waals surface area (Å²) >= 11 is 1.30.